The fraction of sp³-hybridized carbons (Fsp3) is 0.619. The van der Waals surface area contributed by atoms with Crippen molar-refractivity contribution >= 4 is 35.8 Å². The second-order valence-electron chi connectivity index (χ2n) is 7.55. The summed E-state index contributed by atoms with van der Waals surface area (Å²) in [5, 5.41) is 6.77. The minimum atomic E-state index is 0. The summed E-state index contributed by atoms with van der Waals surface area (Å²) in [7, 11) is 5.33. The number of nitrogens with zero attached hydrogens (tertiary/aromatic N) is 3. The second kappa shape index (κ2) is 13.8. The van der Waals surface area contributed by atoms with E-state index < -0.39 is 0 Å². The van der Waals surface area contributed by atoms with E-state index in [0.29, 0.717) is 5.92 Å². The highest BCUT2D eigenvalue weighted by molar-refractivity contribution is 14.0. The van der Waals surface area contributed by atoms with Gasteiger partial charge in [0.2, 0.25) is 0 Å². The van der Waals surface area contributed by atoms with Gasteiger partial charge in [0.05, 0.1) is 13.2 Å². The first-order valence-electron chi connectivity index (χ1n) is 10.0. The molecule has 164 valence electrons. The van der Waals surface area contributed by atoms with Crippen LogP contribution in [0, 0.1) is 5.92 Å². The molecule has 0 bridgehead atoms. The third kappa shape index (κ3) is 9.31. The van der Waals surface area contributed by atoms with Crippen molar-refractivity contribution in [2.24, 2.45) is 10.9 Å². The average Bonchev–Trinajstić information content (AvgIpc) is 2.70. The van der Waals surface area contributed by atoms with Crippen molar-refractivity contribution in [1.29, 1.82) is 0 Å². The highest BCUT2D eigenvalue weighted by atomic mass is 127. The Hall–Kier alpha value is -1.39. The first-order chi connectivity index (χ1) is 13.5. The molecule has 1 aromatic carbocycles. The molecule has 2 N–H and O–H groups in total. The SMILES string of the molecule is CN=C(NCCc1cccc(C(=O)N(C)C)c1)NCC(C)CN1CCOCC1.I. The maximum atomic E-state index is 12.1. The van der Waals surface area contributed by atoms with E-state index in [2.05, 4.69) is 33.5 Å². The van der Waals surface area contributed by atoms with E-state index in [0.717, 1.165) is 69.4 Å². The zero-order valence-electron chi connectivity index (χ0n) is 18.1. The van der Waals surface area contributed by atoms with Gasteiger partial charge in [0, 0.05) is 59.4 Å². The van der Waals surface area contributed by atoms with Crippen molar-refractivity contribution in [3.8, 4) is 0 Å². The molecule has 29 heavy (non-hydrogen) atoms. The lowest BCUT2D eigenvalue weighted by atomic mass is 10.1. The van der Waals surface area contributed by atoms with Crippen molar-refractivity contribution in [3.05, 3.63) is 35.4 Å². The van der Waals surface area contributed by atoms with Crippen LogP contribution in [-0.4, -0.2) is 88.7 Å². The van der Waals surface area contributed by atoms with E-state index in [4.69, 9.17) is 4.74 Å². The lowest BCUT2D eigenvalue weighted by molar-refractivity contribution is 0.0320. The number of rotatable bonds is 8. The van der Waals surface area contributed by atoms with Gasteiger partial charge in [-0.25, -0.2) is 0 Å². The molecule has 2 rings (SSSR count). The van der Waals surface area contributed by atoms with E-state index in [9.17, 15) is 4.79 Å². The van der Waals surface area contributed by atoms with Crippen LogP contribution in [0.2, 0.25) is 0 Å². The standard InChI is InChI=1S/C21H35N5O2.HI/c1-17(16-26-10-12-28-13-11-26)15-24-21(22-2)23-9-8-18-6-5-7-19(14-18)20(27)25(3)4;/h5-7,14,17H,8-13,15-16H2,1-4H3,(H2,22,23,24);1H. The van der Waals surface area contributed by atoms with Crippen molar-refractivity contribution in [2.75, 3.05) is 67.1 Å². The molecule has 1 atom stereocenters. The van der Waals surface area contributed by atoms with Gasteiger partial charge < -0.3 is 20.3 Å². The van der Waals surface area contributed by atoms with Gasteiger partial charge in [-0.3, -0.25) is 14.7 Å². The quantitative estimate of drug-likeness (QED) is 0.312. The van der Waals surface area contributed by atoms with E-state index in [-0.39, 0.29) is 29.9 Å². The molecule has 1 heterocycles. The number of halogens is 1. The number of nitrogens with one attached hydrogen (secondary N) is 2. The number of morpholine rings is 1. The summed E-state index contributed by atoms with van der Waals surface area (Å²) in [5.74, 6) is 1.38. The Balaban J connectivity index is 0.00000420. The lowest BCUT2D eigenvalue weighted by Gasteiger charge is -2.29. The molecule has 1 aliphatic rings. The van der Waals surface area contributed by atoms with E-state index in [1.54, 1.807) is 26.0 Å². The molecule has 1 unspecified atom stereocenters. The molecule has 1 amide bonds. The smallest absolute Gasteiger partial charge is 0.253 e. The van der Waals surface area contributed by atoms with Gasteiger partial charge in [0.15, 0.2) is 5.96 Å². The molecule has 1 saturated heterocycles. The number of hydrogen-bond acceptors (Lipinski definition) is 4. The minimum absolute atomic E-state index is 0. The van der Waals surface area contributed by atoms with Crippen LogP contribution in [0.1, 0.15) is 22.8 Å². The van der Waals surface area contributed by atoms with Crippen LogP contribution < -0.4 is 10.6 Å². The number of amides is 1. The maximum absolute atomic E-state index is 12.1. The third-order valence-corrected chi connectivity index (χ3v) is 4.80. The van der Waals surface area contributed by atoms with Crippen LogP contribution in [0.25, 0.3) is 0 Å². The van der Waals surface area contributed by atoms with Gasteiger partial charge in [-0.2, -0.15) is 0 Å². The Morgan fingerprint density at radius 3 is 2.66 bits per heavy atom. The molecular formula is C21H36IN5O2. The molecule has 0 spiro atoms. The van der Waals surface area contributed by atoms with Crippen LogP contribution in [0.15, 0.2) is 29.3 Å². The Morgan fingerprint density at radius 1 is 1.28 bits per heavy atom. The van der Waals surface area contributed by atoms with Crippen LogP contribution >= 0.6 is 24.0 Å². The number of hydrogen-bond donors (Lipinski definition) is 2. The molecule has 0 aromatic heterocycles. The predicted molar refractivity (Wildman–Crippen MR) is 129 cm³/mol. The molecule has 0 aliphatic carbocycles. The maximum Gasteiger partial charge on any atom is 0.253 e. The van der Waals surface area contributed by atoms with Crippen molar-refractivity contribution in [2.45, 2.75) is 13.3 Å². The zero-order chi connectivity index (χ0) is 20.4. The first-order valence-corrected chi connectivity index (χ1v) is 10.0. The predicted octanol–water partition coefficient (Wildman–Crippen LogP) is 1.68. The Bertz CT molecular complexity index is 648. The summed E-state index contributed by atoms with van der Waals surface area (Å²) in [6, 6.07) is 7.81. The molecule has 0 radical (unpaired) electrons. The summed E-state index contributed by atoms with van der Waals surface area (Å²) in [5.41, 5.74) is 1.86. The normalized spacial score (nSPS) is 15.9. The van der Waals surface area contributed by atoms with E-state index in [1.807, 2.05) is 18.2 Å². The zero-order valence-corrected chi connectivity index (χ0v) is 20.4. The Labute approximate surface area is 192 Å². The van der Waals surface area contributed by atoms with Crippen molar-refractivity contribution in [1.82, 2.24) is 20.4 Å². The van der Waals surface area contributed by atoms with Gasteiger partial charge in [0.1, 0.15) is 0 Å². The molecule has 0 saturated carbocycles. The summed E-state index contributed by atoms with van der Waals surface area (Å²) < 4.78 is 5.40. The van der Waals surface area contributed by atoms with E-state index in [1.165, 1.54) is 0 Å². The number of aliphatic imine (C=N–C) groups is 1. The topological polar surface area (TPSA) is 69.2 Å². The average molecular weight is 517 g/mol. The minimum Gasteiger partial charge on any atom is -0.379 e. The number of ether oxygens (including phenoxy) is 1. The van der Waals surface area contributed by atoms with Gasteiger partial charge in [-0.15, -0.1) is 24.0 Å². The van der Waals surface area contributed by atoms with Gasteiger partial charge in [-0.05, 0) is 30.0 Å². The highest BCUT2D eigenvalue weighted by Gasteiger charge is 2.14. The number of benzene rings is 1. The second-order valence-corrected chi connectivity index (χ2v) is 7.55. The fourth-order valence-corrected chi connectivity index (χ4v) is 3.22. The summed E-state index contributed by atoms with van der Waals surface area (Å²) in [6.07, 6.45) is 0.832. The highest BCUT2D eigenvalue weighted by Crippen LogP contribution is 2.08. The molecule has 8 heteroatoms. The van der Waals surface area contributed by atoms with Crippen LogP contribution in [0.3, 0.4) is 0 Å². The Morgan fingerprint density at radius 2 is 2.00 bits per heavy atom. The third-order valence-electron chi connectivity index (χ3n) is 4.80. The van der Waals surface area contributed by atoms with Gasteiger partial charge in [0.25, 0.3) is 5.91 Å². The lowest BCUT2D eigenvalue weighted by Crippen LogP contribution is -2.44. The molecule has 7 nitrogen and oxygen atoms in total. The molecule has 1 aromatic rings. The fourth-order valence-electron chi connectivity index (χ4n) is 3.22. The monoisotopic (exact) mass is 517 g/mol. The summed E-state index contributed by atoms with van der Waals surface area (Å²) >= 11 is 0. The van der Waals surface area contributed by atoms with Crippen LogP contribution in [0.5, 0.6) is 0 Å². The van der Waals surface area contributed by atoms with Gasteiger partial charge >= 0.3 is 0 Å². The molecule has 1 fully saturated rings. The first kappa shape index (κ1) is 25.6. The largest absolute Gasteiger partial charge is 0.379 e. The van der Waals surface area contributed by atoms with Crippen molar-refractivity contribution < 1.29 is 9.53 Å². The Kier molecular flexibility index (Phi) is 12.2. The van der Waals surface area contributed by atoms with Crippen LogP contribution in [0.4, 0.5) is 0 Å². The van der Waals surface area contributed by atoms with Crippen molar-refractivity contribution in [3.63, 3.8) is 0 Å². The van der Waals surface area contributed by atoms with Crippen LogP contribution in [-0.2, 0) is 11.2 Å². The van der Waals surface area contributed by atoms with E-state index >= 15 is 0 Å². The summed E-state index contributed by atoms with van der Waals surface area (Å²) in [4.78, 5) is 20.4. The number of guanidine groups is 1. The molecular weight excluding hydrogens is 481 g/mol. The van der Waals surface area contributed by atoms with Gasteiger partial charge in [-0.1, -0.05) is 19.1 Å². The molecule has 1 aliphatic heterocycles. The number of carbonyl (C=O) groups is 1. The summed E-state index contributed by atoms with van der Waals surface area (Å²) in [6.45, 7) is 8.68. The number of carbonyl (C=O) groups excluding carboxylic acids is 1.